The molecule has 0 saturated carbocycles. The van der Waals surface area contributed by atoms with E-state index >= 15 is 0 Å². The summed E-state index contributed by atoms with van der Waals surface area (Å²) in [4.78, 5) is 1.92. The number of primary sulfonamides is 1. The van der Waals surface area contributed by atoms with Crippen LogP contribution in [0.2, 0.25) is 0 Å². The molecular weight excluding hydrogens is 390 g/mol. The predicted octanol–water partition coefficient (Wildman–Crippen LogP) is 3.47. The number of aliphatic hydroxyl groups excluding tert-OH is 1. The lowest BCUT2D eigenvalue weighted by atomic mass is 10.1. The lowest BCUT2D eigenvalue weighted by molar-refractivity contribution is -0.0425. The average molecular weight is 422 g/mol. The van der Waals surface area contributed by atoms with Gasteiger partial charge in [0.15, 0.2) is 6.29 Å². The van der Waals surface area contributed by atoms with Gasteiger partial charge in [0.25, 0.3) is 0 Å². The first-order chi connectivity index (χ1) is 13.8. The van der Waals surface area contributed by atoms with Crippen LogP contribution in [0.3, 0.4) is 0 Å². The Morgan fingerprint density at radius 1 is 1.03 bits per heavy atom. The Balaban J connectivity index is 2.69. The number of aliphatic hydroxyl groups is 2. The van der Waals surface area contributed by atoms with Gasteiger partial charge in [0.1, 0.15) is 4.90 Å². The predicted molar refractivity (Wildman–Crippen MR) is 117 cm³/mol. The van der Waals surface area contributed by atoms with E-state index in [1.54, 1.807) is 6.07 Å². The normalized spacial score (nSPS) is 11.7. The van der Waals surface area contributed by atoms with Crippen LogP contribution >= 0.6 is 0 Å². The number of benzene rings is 2. The second kappa shape index (κ2) is 10.6. The Morgan fingerprint density at radius 3 is 2.10 bits per heavy atom. The van der Waals surface area contributed by atoms with E-state index in [-0.39, 0.29) is 10.5 Å². The van der Waals surface area contributed by atoms with Gasteiger partial charge in [-0.15, -0.1) is 0 Å². The minimum Gasteiger partial charge on any atom is -0.370 e. The molecule has 0 saturated heterocycles. The van der Waals surface area contributed by atoms with Crippen molar-refractivity contribution < 1.29 is 18.6 Å². The number of nitrogens with one attached hydrogen (secondary N) is 1. The zero-order chi connectivity index (χ0) is 21.4. The Labute approximate surface area is 173 Å². The van der Waals surface area contributed by atoms with Crippen LogP contribution in [0.5, 0.6) is 0 Å². The number of anilines is 3. The maximum absolute atomic E-state index is 12.4. The number of unbranched alkanes of at least 4 members (excludes halogenated alkanes) is 2. The van der Waals surface area contributed by atoms with E-state index in [0.29, 0.717) is 17.1 Å². The Morgan fingerprint density at radius 2 is 1.62 bits per heavy atom. The summed E-state index contributed by atoms with van der Waals surface area (Å²) in [5, 5.41) is 28.2. The Kier molecular flexibility index (Phi) is 8.45. The minimum absolute atomic E-state index is 0.0839. The van der Waals surface area contributed by atoms with Crippen LogP contribution in [0.1, 0.15) is 51.4 Å². The zero-order valence-corrected chi connectivity index (χ0v) is 17.8. The number of rotatable bonds is 11. The molecule has 0 aromatic heterocycles. The molecule has 0 atom stereocenters. The van der Waals surface area contributed by atoms with Crippen molar-refractivity contribution in [1.29, 1.82) is 0 Å². The monoisotopic (exact) mass is 421 g/mol. The van der Waals surface area contributed by atoms with Crippen molar-refractivity contribution in [3.05, 3.63) is 48.0 Å². The number of hydrogen-bond acceptors (Lipinski definition) is 6. The standard InChI is InChI=1S/C21H31N3O4S/c1-3-5-12-24(13-6-4-2)18-14-16(21(25)26)15-19(29(22,27)28)20(18)23-17-10-8-7-9-11-17/h7-11,14-15,21,23,25-26H,3-6,12-13H2,1-2H3,(H2,22,27,28). The molecule has 2 rings (SSSR count). The number of para-hydroxylation sites is 1. The third kappa shape index (κ3) is 6.43. The van der Waals surface area contributed by atoms with Crippen molar-refractivity contribution in [2.24, 2.45) is 5.14 Å². The smallest absolute Gasteiger partial charge is 0.240 e. The van der Waals surface area contributed by atoms with E-state index in [2.05, 4.69) is 24.1 Å². The first-order valence-electron chi connectivity index (χ1n) is 9.91. The lowest BCUT2D eigenvalue weighted by Crippen LogP contribution is -2.28. The summed E-state index contributed by atoms with van der Waals surface area (Å²) in [6, 6.07) is 12.0. The summed E-state index contributed by atoms with van der Waals surface area (Å²) >= 11 is 0. The van der Waals surface area contributed by atoms with Gasteiger partial charge >= 0.3 is 0 Å². The Hall–Kier alpha value is -2.13. The van der Waals surface area contributed by atoms with Crippen LogP contribution in [0.15, 0.2) is 47.4 Å². The summed E-state index contributed by atoms with van der Waals surface area (Å²) in [5.41, 5.74) is 1.73. The van der Waals surface area contributed by atoms with Crippen LogP contribution in [0, 0.1) is 0 Å². The van der Waals surface area contributed by atoms with Gasteiger partial charge in [0.2, 0.25) is 10.0 Å². The number of nitrogens with two attached hydrogens (primary N) is 1. The van der Waals surface area contributed by atoms with E-state index in [0.717, 1.165) is 38.8 Å². The highest BCUT2D eigenvalue weighted by molar-refractivity contribution is 7.89. The number of sulfonamides is 1. The molecule has 29 heavy (non-hydrogen) atoms. The maximum atomic E-state index is 12.4. The van der Waals surface area contributed by atoms with Gasteiger partial charge in [-0.3, -0.25) is 0 Å². The quantitative estimate of drug-likeness (QED) is 0.413. The van der Waals surface area contributed by atoms with Crippen LogP contribution in [-0.2, 0) is 10.0 Å². The molecule has 0 spiro atoms. The summed E-state index contributed by atoms with van der Waals surface area (Å²) in [6.07, 6.45) is 2.00. The highest BCUT2D eigenvalue weighted by atomic mass is 32.2. The second-order valence-electron chi connectivity index (χ2n) is 7.02. The summed E-state index contributed by atoms with van der Waals surface area (Å²) in [7, 11) is -4.12. The van der Waals surface area contributed by atoms with Crippen molar-refractivity contribution >= 4 is 27.1 Å². The first kappa shape index (κ1) is 23.2. The van der Waals surface area contributed by atoms with Gasteiger partial charge in [-0.05, 0) is 37.1 Å². The van der Waals surface area contributed by atoms with Gasteiger partial charge in [-0.1, -0.05) is 44.9 Å². The van der Waals surface area contributed by atoms with Gasteiger partial charge in [-0.2, -0.15) is 0 Å². The Bertz CT molecular complexity index is 878. The molecule has 0 heterocycles. The zero-order valence-electron chi connectivity index (χ0n) is 17.0. The fraction of sp³-hybridized carbons (Fsp3) is 0.429. The van der Waals surface area contributed by atoms with Gasteiger partial charge in [-0.25, -0.2) is 13.6 Å². The largest absolute Gasteiger partial charge is 0.370 e. The van der Waals surface area contributed by atoms with Crippen molar-refractivity contribution in [2.75, 3.05) is 23.3 Å². The van der Waals surface area contributed by atoms with Gasteiger partial charge < -0.3 is 20.4 Å². The van der Waals surface area contributed by atoms with E-state index in [4.69, 9.17) is 5.14 Å². The van der Waals surface area contributed by atoms with E-state index in [9.17, 15) is 18.6 Å². The van der Waals surface area contributed by atoms with Crippen LogP contribution in [-0.4, -0.2) is 31.7 Å². The molecule has 0 bridgehead atoms. The molecule has 0 aliphatic carbocycles. The van der Waals surface area contributed by atoms with Crippen LogP contribution < -0.4 is 15.4 Å². The van der Waals surface area contributed by atoms with Crippen molar-refractivity contribution in [3.63, 3.8) is 0 Å². The summed E-state index contributed by atoms with van der Waals surface area (Å²) in [6.45, 7) is 5.61. The summed E-state index contributed by atoms with van der Waals surface area (Å²) in [5.74, 6) is 0. The van der Waals surface area contributed by atoms with Crippen molar-refractivity contribution in [3.8, 4) is 0 Å². The fourth-order valence-corrected chi connectivity index (χ4v) is 3.83. The minimum atomic E-state index is -4.12. The molecule has 0 radical (unpaired) electrons. The van der Waals surface area contributed by atoms with Crippen molar-refractivity contribution in [1.82, 2.24) is 0 Å². The number of hydrogen-bond donors (Lipinski definition) is 4. The highest BCUT2D eigenvalue weighted by Crippen LogP contribution is 2.37. The molecule has 7 nitrogen and oxygen atoms in total. The molecule has 5 N–H and O–H groups in total. The molecule has 0 aliphatic rings. The SMILES string of the molecule is CCCCN(CCCC)c1cc(C(O)O)cc(S(N)(=O)=O)c1Nc1ccccc1. The lowest BCUT2D eigenvalue weighted by Gasteiger charge is -2.29. The molecule has 0 fully saturated rings. The maximum Gasteiger partial charge on any atom is 0.240 e. The topological polar surface area (TPSA) is 116 Å². The average Bonchev–Trinajstić information content (AvgIpc) is 2.68. The highest BCUT2D eigenvalue weighted by Gasteiger charge is 2.24. The fourth-order valence-electron chi connectivity index (χ4n) is 3.09. The van der Waals surface area contributed by atoms with E-state index < -0.39 is 16.3 Å². The molecule has 8 heteroatoms. The van der Waals surface area contributed by atoms with E-state index in [1.807, 2.05) is 30.3 Å². The molecule has 0 amide bonds. The van der Waals surface area contributed by atoms with Crippen LogP contribution in [0.4, 0.5) is 17.1 Å². The molecule has 0 aliphatic heterocycles. The van der Waals surface area contributed by atoms with Gasteiger partial charge in [0, 0.05) is 24.3 Å². The first-order valence-corrected chi connectivity index (χ1v) is 11.5. The third-order valence-corrected chi connectivity index (χ3v) is 5.59. The molecule has 2 aromatic carbocycles. The molecular formula is C21H31N3O4S. The summed E-state index contributed by atoms with van der Waals surface area (Å²) < 4.78 is 24.8. The van der Waals surface area contributed by atoms with Crippen LogP contribution in [0.25, 0.3) is 0 Å². The van der Waals surface area contributed by atoms with Crippen molar-refractivity contribution in [2.45, 2.75) is 50.7 Å². The molecule has 2 aromatic rings. The molecule has 160 valence electrons. The molecule has 0 unspecified atom stereocenters. The third-order valence-electron chi connectivity index (χ3n) is 4.66. The number of nitrogens with zero attached hydrogens (tertiary/aromatic N) is 1. The van der Waals surface area contributed by atoms with Gasteiger partial charge in [0.05, 0.1) is 11.4 Å². The second-order valence-corrected chi connectivity index (χ2v) is 8.55. The van der Waals surface area contributed by atoms with E-state index in [1.165, 1.54) is 6.07 Å².